The summed E-state index contributed by atoms with van der Waals surface area (Å²) >= 11 is 0. The van der Waals surface area contributed by atoms with Crippen LogP contribution in [0.15, 0.2) is 77.0 Å². The lowest BCUT2D eigenvalue weighted by atomic mass is 9.82. The van der Waals surface area contributed by atoms with E-state index in [1.807, 2.05) is 45.1 Å². The van der Waals surface area contributed by atoms with Crippen molar-refractivity contribution in [2.24, 2.45) is 22.8 Å². The zero-order valence-electron chi connectivity index (χ0n) is 13.6. The fraction of sp³-hybridized carbons (Fsp3) is 0.316. The molecule has 2 N–H and O–H groups in total. The van der Waals surface area contributed by atoms with Crippen LogP contribution in [0.4, 0.5) is 0 Å². The molecule has 1 rings (SSSR count). The van der Waals surface area contributed by atoms with Gasteiger partial charge in [0.2, 0.25) is 0 Å². The molecule has 0 amide bonds. The summed E-state index contributed by atoms with van der Waals surface area (Å²) in [7, 11) is 0. The Morgan fingerprint density at radius 2 is 2.10 bits per heavy atom. The number of hydrazone groups is 1. The minimum absolute atomic E-state index is 0.110. The van der Waals surface area contributed by atoms with Crippen LogP contribution in [0.3, 0.4) is 0 Å². The smallest absolute Gasteiger partial charge is 0.0925 e. The molecular formula is C19H26N2. The molecule has 2 nitrogen and oxygen atoms in total. The van der Waals surface area contributed by atoms with Gasteiger partial charge in [-0.05, 0) is 37.8 Å². The average molecular weight is 282 g/mol. The SMILES string of the molecule is C=C(C)C1/C=C(\C=C/C)C(=N/N)/C(C)=C/C=C\C(C)C1=C. The predicted octanol–water partition coefficient (Wildman–Crippen LogP) is 4.70. The quantitative estimate of drug-likeness (QED) is 0.445. The largest absolute Gasteiger partial charge is 0.323 e. The summed E-state index contributed by atoms with van der Waals surface area (Å²) < 4.78 is 0. The molecule has 2 heteroatoms. The Labute approximate surface area is 128 Å². The van der Waals surface area contributed by atoms with Gasteiger partial charge in [0.25, 0.3) is 0 Å². The standard InChI is InChI=1S/C19H26N2/c1-7-9-17-12-18(13(2)3)16(6)14(4)10-8-11-15(5)19(17)21-20/h7-12,14,18H,2,6,20H2,1,3-5H3/b9-7-,10-8-,15-11+,17-12+,21-19+. The van der Waals surface area contributed by atoms with Crippen LogP contribution in [-0.2, 0) is 0 Å². The van der Waals surface area contributed by atoms with Crippen LogP contribution in [0.2, 0.25) is 0 Å². The first kappa shape index (κ1) is 17.0. The van der Waals surface area contributed by atoms with Crippen LogP contribution in [0.25, 0.3) is 0 Å². The predicted molar refractivity (Wildman–Crippen MR) is 94.0 cm³/mol. The Kier molecular flexibility index (Phi) is 6.16. The van der Waals surface area contributed by atoms with Gasteiger partial charge >= 0.3 is 0 Å². The number of hydrogen-bond donors (Lipinski definition) is 1. The summed E-state index contributed by atoms with van der Waals surface area (Å²) in [5.41, 5.74) is 5.04. The highest BCUT2D eigenvalue weighted by Crippen LogP contribution is 2.29. The Morgan fingerprint density at radius 3 is 2.62 bits per heavy atom. The first-order valence-corrected chi connectivity index (χ1v) is 7.24. The summed E-state index contributed by atoms with van der Waals surface area (Å²) in [5.74, 6) is 6.01. The van der Waals surface area contributed by atoms with Crippen molar-refractivity contribution in [3.05, 3.63) is 71.9 Å². The highest BCUT2D eigenvalue weighted by Gasteiger charge is 2.18. The molecule has 0 radical (unpaired) electrons. The molecule has 21 heavy (non-hydrogen) atoms. The maximum absolute atomic E-state index is 5.61. The third-order valence-electron chi connectivity index (χ3n) is 3.73. The second-order valence-corrected chi connectivity index (χ2v) is 5.52. The molecule has 1 aliphatic rings. The normalized spacial score (nSPS) is 32.4. The van der Waals surface area contributed by atoms with Crippen molar-refractivity contribution in [3.8, 4) is 0 Å². The van der Waals surface area contributed by atoms with Crippen molar-refractivity contribution in [1.82, 2.24) is 0 Å². The first-order chi connectivity index (χ1) is 9.92. The molecule has 0 aromatic carbocycles. The maximum atomic E-state index is 5.61. The fourth-order valence-corrected chi connectivity index (χ4v) is 2.39. The Balaban J connectivity index is 3.54. The summed E-state index contributed by atoms with van der Waals surface area (Å²) in [6.45, 7) is 16.6. The van der Waals surface area contributed by atoms with Crippen molar-refractivity contribution >= 4 is 5.71 Å². The molecule has 1 aliphatic carbocycles. The summed E-state index contributed by atoms with van der Waals surface area (Å²) in [4.78, 5) is 0. The number of rotatable bonds is 2. The van der Waals surface area contributed by atoms with Crippen molar-refractivity contribution in [2.45, 2.75) is 27.7 Å². The van der Waals surface area contributed by atoms with Gasteiger partial charge < -0.3 is 5.84 Å². The minimum Gasteiger partial charge on any atom is -0.323 e. The van der Waals surface area contributed by atoms with Crippen LogP contribution < -0.4 is 5.84 Å². The third kappa shape index (κ3) is 4.19. The molecule has 2 atom stereocenters. The van der Waals surface area contributed by atoms with Gasteiger partial charge in [0.05, 0.1) is 5.71 Å². The first-order valence-electron chi connectivity index (χ1n) is 7.24. The zero-order valence-corrected chi connectivity index (χ0v) is 13.6. The second-order valence-electron chi connectivity index (χ2n) is 5.52. The third-order valence-corrected chi connectivity index (χ3v) is 3.73. The summed E-state index contributed by atoms with van der Waals surface area (Å²) in [6, 6.07) is 0. The van der Waals surface area contributed by atoms with E-state index in [4.69, 9.17) is 5.84 Å². The van der Waals surface area contributed by atoms with E-state index in [9.17, 15) is 0 Å². The van der Waals surface area contributed by atoms with Gasteiger partial charge in [0.15, 0.2) is 0 Å². The van der Waals surface area contributed by atoms with Crippen molar-refractivity contribution in [3.63, 3.8) is 0 Å². The van der Waals surface area contributed by atoms with Crippen LogP contribution >= 0.6 is 0 Å². The molecule has 0 bridgehead atoms. The molecule has 2 unspecified atom stereocenters. The number of hydrogen-bond acceptors (Lipinski definition) is 2. The van der Waals surface area contributed by atoms with Crippen LogP contribution in [-0.4, -0.2) is 5.71 Å². The molecule has 0 heterocycles. The lowest BCUT2D eigenvalue weighted by Gasteiger charge is -2.22. The average Bonchev–Trinajstić information content (AvgIpc) is 2.43. The molecule has 0 spiro atoms. The summed E-state index contributed by atoms with van der Waals surface area (Å²) in [6.07, 6.45) is 12.4. The van der Waals surface area contributed by atoms with Crippen LogP contribution in [0.5, 0.6) is 0 Å². The fourth-order valence-electron chi connectivity index (χ4n) is 2.39. The molecule has 0 fully saturated rings. The maximum Gasteiger partial charge on any atom is 0.0925 e. The Hall–Kier alpha value is -2.09. The highest BCUT2D eigenvalue weighted by molar-refractivity contribution is 6.13. The van der Waals surface area contributed by atoms with Crippen molar-refractivity contribution < 1.29 is 0 Å². The monoisotopic (exact) mass is 282 g/mol. The van der Waals surface area contributed by atoms with Crippen molar-refractivity contribution in [2.75, 3.05) is 0 Å². The number of nitrogens with two attached hydrogens (primary N) is 1. The van der Waals surface area contributed by atoms with Gasteiger partial charge in [-0.25, -0.2) is 0 Å². The molecular weight excluding hydrogens is 256 g/mol. The van der Waals surface area contributed by atoms with Gasteiger partial charge in [0.1, 0.15) is 0 Å². The Bertz CT molecular complexity index is 568. The molecule has 0 saturated carbocycles. The van der Waals surface area contributed by atoms with E-state index in [1.165, 1.54) is 0 Å². The number of nitrogens with zero attached hydrogens (tertiary/aromatic N) is 1. The minimum atomic E-state index is 0.110. The van der Waals surface area contributed by atoms with E-state index in [2.05, 4.69) is 37.3 Å². The van der Waals surface area contributed by atoms with Gasteiger partial charge in [-0.15, -0.1) is 0 Å². The topological polar surface area (TPSA) is 38.4 Å². The van der Waals surface area contributed by atoms with Gasteiger partial charge in [-0.3, -0.25) is 0 Å². The summed E-state index contributed by atoms with van der Waals surface area (Å²) in [5, 5.41) is 3.98. The number of allylic oxidation sites excluding steroid dienone is 10. The highest BCUT2D eigenvalue weighted by atomic mass is 15.1. The second kappa shape index (κ2) is 7.63. The van der Waals surface area contributed by atoms with E-state index in [-0.39, 0.29) is 11.8 Å². The zero-order chi connectivity index (χ0) is 16.0. The molecule has 0 aromatic heterocycles. The lowest BCUT2D eigenvalue weighted by molar-refractivity contribution is 0.739. The van der Waals surface area contributed by atoms with E-state index >= 15 is 0 Å². The van der Waals surface area contributed by atoms with E-state index in [0.29, 0.717) is 0 Å². The van der Waals surface area contributed by atoms with Crippen LogP contribution in [0.1, 0.15) is 27.7 Å². The molecule has 112 valence electrons. The lowest BCUT2D eigenvalue weighted by Crippen LogP contribution is -2.13. The Morgan fingerprint density at radius 1 is 1.43 bits per heavy atom. The van der Waals surface area contributed by atoms with Gasteiger partial charge in [-0.2, -0.15) is 5.10 Å². The van der Waals surface area contributed by atoms with Gasteiger partial charge in [0, 0.05) is 5.92 Å². The molecule has 0 saturated heterocycles. The molecule has 0 aliphatic heterocycles. The van der Waals surface area contributed by atoms with Gasteiger partial charge in [-0.1, -0.05) is 67.7 Å². The molecule has 0 aromatic rings. The van der Waals surface area contributed by atoms with Crippen LogP contribution in [0, 0.1) is 11.8 Å². The van der Waals surface area contributed by atoms with E-state index in [0.717, 1.165) is 28.0 Å². The van der Waals surface area contributed by atoms with E-state index in [1.54, 1.807) is 0 Å². The van der Waals surface area contributed by atoms with Crippen molar-refractivity contribution in [1.29, 1.82) is 0 Å². The van der Waals surface area contributed by atoms with E-state index < -0.39 is 0 Å².